The summed E-state index contributed by atoms with van der Waals surface area (Å²) in [5.74, 6) is 1.35. The molecule has 3 aromatic heterocycles. The monoisotopic (exact) mass is 816 g/mol. The van der Waals surface area contributed by atoms with Crippen molar-refractivity contribution in [2.45, 2.75) is 0 Å². The number of nitro groups is 2. The first kappa shape index (κ1) is 38.9. The number of aromatic nitrogens is 4. The molecule has 9 rings (SSSR count). The van der Waals surface area contributed by atoms with E-state index in [0.717, 1.165) is 55.4 Å². The number of rotatable bonds is 10. The number of nitrogens with one attached hydrogen (secondary N) is 2. The Morgan fingerprint density at radius 2 is 0.887 bits per heavy atom. The number of nitrogens with zero attached hydrogens (tertiary/aromatic N) is 4. The predicted molar refractivity (Wildman–Crippen MR) is 247 cm³/mol. The first-order chi connectivity index (χ1) is 30.2. The van der Waals surface area contributed by atoms with Crippen molar-refractivity contribution in [3.05, 3.63) is 187 Å². The highest BCUT2D eigenvalue weighted by Gasteiger charge is 2.18. The molecule has 302 valence electrons. The molecule has 62 heavy (non-hydrogen) atoms. The van der Waals surface area contributed by atoms with Gasteiger partial charge in [0.05, 0.1) is 46.8 Å². The summed E-state index contributed by atoms with van der Waals surface area (Å²) in [7, 11) is 3.25. The molecule has 0 atom stereocenters. The van der Waals surface area contributed by atoms with Crippen molar-refractivity contribution in [1.82, 2.24) is 19.9 Å². The minimum atomic E-state index is -0.408. The van der Waals surface area contributed by atoms with Gasteiger partial charge in [-0.3, -0.25) is 20.2 Å². The standard InChI is InChI=1S/C50H36N6O6/c1-61-37-13-5-9-33(29-37)49-45-23-19-41(51-45)39(17-15-31-7-3-11-35(27-31)55(57)58)43-21-25-47(53-43)50(34-10-6-14-38(30-34)62-2)48-26-22-44(54-48)40(42-20-24-46(49)52-42)18-16-32-8-4-12-36(28-32)56(59)60/h3-30,51,54H,1-2H3/b17-15+,18-16+,41-39?,42-40?,43-39?,44-40?,49-45?,49-46?,50-47?,50-48?. The van der Waals surface area contributed by atoms with E-state index >= 15 is 0 Å². The van der Waals surface area contributed by atoms with Crippen LogP contribution in [-0.2, 0) is 0 Å². The Hall–Kier alpha value is -8.64. The molecule has 5 heterocycles. The number of aromatic amines is 2. The number of H-pyrrole nitrogens is 2. The van der Waals surface area contributed by atoms with E-state index in [4.69, 9.17) is 19.4 Å². The van der Waals surface area contributed by atoms with E-state index in [1.165, 1.54) is 24.3 Å². The summed E-state index contributed by atoms with van der Waals surface area (Å²) in [4.78, 5) is 40.3. The lowest BCUT2D eigenvalue weighted by atomic mass is 10.0. The van der Waals surface area contributed by atoms with Crippen LogP contribution in [0.2, 0.25) is 0 Å². The van der Waals surface area contributed by atoms with E-state index in [1.807, 2.05) is 134 Å². The van der Waals surface area contributed by atoms with Crippen LogP contribution in [0.4, 0.5) is 11.4 Å². The highest BCUT2D eigenvalue weighted by atomic mass is 16.6. The average molecular weight is 817 g/mol. The summed E-state index contributed by atoms with van der Waals surface area (Å²) in [5, 5.41) is 23.3. The number of methoxy groups -OCH3 is 2. The summed E-state index contributed by atoms with van der Waals surface area (Å²) in [6, 6.07) is 36.5. The number of non-ortho nitro benzene ring substituents is 2. The number of nitro benzene ring substituents is 2. The second-order valence-corrected chi connectivity index (χ2v) is 14.4. The van der Waals surface area contributed by atoms with Crippen molar-refractivity contribution in [3.63, 3.8) is 0 Å². The van der Waals surface area contributed by atoms with E-state index < -0.39 is 9.85 Å². The van der Waals surface area contributed by atoms with Gasteiger partial charge in [-0.05, 0) is 95.1 Å². The molecule has 0 unspecified atom stereocenters. The summed E-state index contributed by atoms with van der Waals surface area (Å²) >= 11 is 0. The molecule has 0 radical (unpaired) electrons. The van der Waals surface area contributed by atoms with E-state index in [1.54, 1.807) is 26.4 Å². The first-order valence-electron chi connectivity index (χ1n) is 19.5. The molecule has 12 nitrogen and oxygen atoms in total. The fraction of sp³-hybridized carbons (Fsp3) is 0.0400. The Bertz CT molecular complexity index is 3030. The molecule has 2 aliphatic heterocycles. The molecule has 12 heteroatoms. The quantitative estimate of drug-likeness (QED) is 0.102. The number of hydrogen-bond donors (Lipinski definition) is 2. The third kappa shape index (κ3) is 7.78. The minimum absolute atomic E-state index is 0.00657. The zero-order valence-electron chi connectivity index (χ0n) is 33.4. The van der Waals surface area contributed by atoms with Crippen molar-refractivity contribution in [3.8, 4) is 33.8 Å². The zero-order chi connectivity index (χ0) is 42.7. The van der Waals surface area contributed by atoms with Crippen molar-refractivity contribution in [2.24, 2.45) is 0 Å². The van der Waals surface area contributed by atoms with Crippen LogP contribution in [0.15, 0.2) is 121 Å². The maximum atomic E-state index is 11.7. The fourth-order valence-corrected chi connectivity index (χ4v) is 7.61. The van der Waals surface area contributed by atoms with Gasteiger partial charge in [-0.2, -0.15) is 0 Å². The van der Waals surface area contributed by atoms with Crippen molar-refractivity contribution >= 4 is 82.0 Å². The van der Waals surface area contributed by atoms with Gasteiger partial charge in [0.15, 0.2) is 0 Å². The number of fused-ring (bicyclic) bond motifs is 8. The largest absolute Gasteiger partial charge is 0.497 e. The highest BCUT2D eigenvalue weighted by Crippen LogP contribution is 2.37. The molecule has 0 fully saturated rings. The molecule has 0 spiro atoms. The van der Waals surface area contributed by atoms with Crippen LogP contribution in [0.1, 0.15) is 45.0 Å². The predicted octanol–water partition coefficient (Wildman–Crippen LogP) is 12.2. The van der Waals surface area contributed by atoms with Crippen LogP contribution in [0, 0.1) is 20.2 Å². The van der Waals surface area contributed by atoms with Crippen LogP contribution >= 0.6 is 0 Å². The third-order valence-corrected chi connectivity index (χ3v) is 10.6. The van der Waals surface area contributed by atoms with E-state index in [2.05, 4.69) is 9.97 Å². The second kappa shape index (κ2) is 16.5. The number of hydrogen-bond acceptors (Lipinski definition) is 8. The number of ether oxygens (including phenoxy) is 2. The van der Waals surface area contributed by atoms with Gasteiger partial charge in [-0.1, -0.05) is 72.8 Å². The lowest BCUT2D eigenvalue weighted by Crippen LogP contribution is -1.90. The molecular weight excluding hydrogens is 781 g/mol. The van der Waals surface area contributed by atoms with Crippen LogP contribution in [0.3, 0.4) is 0 Å². The maximum absolute atomic E-state index is 11.7. The Kier molecular flexibility index (Phi) is 10.4. The lowest BCUT2D eigenvalue weighted by Gasteiger charge is -2.07. The smallest absolute Gasteiger partial charge is 0.270 e. The van der Waals surface area contributed by atoms with Crippen LogP contribution < -0.4 is 9.47 Å². The molecule has 4 aromatic carbocycles. The topological polar surface area (TPSA) is 162 Å². The average Bonchev–Trinajstić information content (AvgIpc) is 4.15. The maximum Gasteiger partial charge on any atom is 0.270 e. The van der Waals surface area contributed by atoms with Crippen molar-refractivity contribution < 1.29 is 19.3 Å². The van der Waals surface area contributed by atoms with Gasteiger partial charge in [0.25, 0.3) is 11.4 Å². The normalized spacial score (nSPS) is 12.0. The Morgan fingerprint density at radius 1 is 0.484 bits per heavy atom. The van der Waals surface area contributed by atoms with E-state index in [9.17, 15) is 20.2 Å². The summed E-state index contributed by atoms with van der Waals surface area (Å²) in [6.07, 6.45) is 15.4. The lowest BCUT2D eigenvalue weighted by molar-refractivity contribution is -0.385. The Morgan fingerprint density at radius 3 is 1.31 bits per heavy atom. The van der Waals surface area contributed by atoms with Crippen LogP contribution in [0.5, 0.6) is 11.5 Å². The van der Waals surface area contributed by atoms with Gasteiger partial charge in [0.2, 0.25) is 0 Å². The van der Waals surface area contributed by atoms with E-state index in [0.29, 0.717) is 45.4 Å². The summed E-state index contributed by atoms with van der Waals surface area (Å²) in [5.41, 5.74) is 11.9. The molecule has 8 bridgehead atoms. The molecule has 0 saturated carbocycles. The first-order valence-corrected chi connectivity index (χ1v) is 19.5. The number of benzene rings is 4. The van der Waals surface area contributed by atoms with Gasteiger partial charge in [0.1, 0.15) is 11.5 Å². The molecule has 2 N–H and O–H groups in total. The van der Waals surface area contributed by atoms with Gasteiger partial charge in [0, 0.05) is 68.6 Å². The summed E-state index contributed by atoms with van der Waals surface area (Å²) < 4.78 is 11.3. The van der Waals surface area contributed by atoms with Gasteiger partial charge >= 0.3 is 0 Å². The highest BCUT2D eigenvalue weighted by molar-refractivity contribution is 5.97. The van der Waals surface area contributed by atoms with Crippen LogP contribution in [-0.4, -0.2) is 44.0 Å². The second-order valence-electron chi connectivity index (χ2n) is 14.4. The molecular formula is C50H36N6O6. The van der Waals surface area contributed by atoms with Crippen molar-refractivity contribution in [2.75, 3.05) is 14.2 Å². The molecule has 0 saturated heterocycles. The summed E-state index contributed by atoms with van der Waals surface area (Å²) in [6.45, 7) is 0. The fourth-order valence-electron chi connectivity index (χ4n) is 7.61. The molecule has 7 aromatic rings. The SMILES string of the molecule is COc1cccc(-c2c3nc(c(/C=C/c4cccc([N+](=O)[O-])c4)c4ccc([nH]4)c(-c4cccc(OC)c4)c4nc(c(/C=C/c5cccc([N+](=O)[O-])c5)c5ccc2[nH]5)C=C4)C=C3)c1. The molecule has 0 aliphatic carbocycles. The Labute approximate surface area is 354 Å². The van der Waals surface area contributed by atoms with Gasteiger partial charge in [-0.25, -0.2) is 9.97 Å². The van der Waals surface area contributed by atoms with E-state index in [-0.39, 0.29) is 11.4 Å². The Balaban J connectivity index is 1.39. The molecule has 2 aliphatic rings. The van der Waals surface area contributed by atoms with Crippen LogP contribution in [0.25, 0.3) is 92.9 Å². The van der Waals surface area contributed by atoms with Crippen molar-refractivity contribution in [1.29, 1.82) is 0 Å². The molecule has 0 amide bonds. The zero-order valence-corrected chi connectivity index (χ0v) is 33.4. The van der Waals surface area contributed by atoms with Gasteiger partial charge < -0.3 is 19.4 Å². The third-order valence-electron chi connectivity index (χ3n) is 10.6. The van der Waals surface area contributed by atoms with Gasteiger partial charge in [-0.15, -0.1) is 0 Å². The minimum Gasteiger partial charge on any atom is -0.497 e.